The summed E-state index contributed by atoms with van der Waals surface area (Å²) in [4.78, 5) is 22.2. The fourth-order valence-corrected chi connectivity index (χ4v) is 1.92. The number of non-ortho nitro benzene ring substituents is 1. The number of hydrogen-bond acceptors (Lipinski definition) is 5. The second-order valence-corrected chi connectivity index (χ2v) is 5.13. The lowest BCUT2D eigenvalue weighted by atomic mass is 10.1. The van der Waals surface area contributed by atoms with E-state index >= 15 is 0 Å². The number of amides is 1. The molecule has 25 heavy (non-hydrogen) atoms. The lowest BCUT2D eigenvalue weighted by Gasteiger charge is -1.99. The van der Waals surface area contributed by atoms with Gasteiger partial charge in [-0.2, -0.15) is 10.4 Å². The van der Waals surface area contributed by atoms with Crippen molar-refractivity contribution in [1.29, 1.82) is 5.26 Å². The minimum Gasteiger partial charge on any atom is -0.267 e. The van der Waals surface area contributed by atoms with Gasteiger partial charge in [0, 0.05) is 12.1 Å². The van der Waals surface area contributed by atoms with Crippen LogP contribution in [0, 0.1) is 28.4 Å². The molecule has 0 saturated heterocycles. The Labute approximate surface area is 144 Å². The molecule has 0 aliphatic heterocycles. The number of aryl methyl sites for hydroxylation is 1. The van der Waals surface area contributed by atoms with E-state index in [-0.39, 0.29) is 11.3 Å². The highest BCUT2D eigenvalue weighted by molar-refractivity contribution is 6.02. The largest absolute Gasteiger partial charge is 0.282 e. The number of benzene rings is 2. The Balaban J connectivity index is 2.10. The maximum absolute atomic E-state index is 12.0. The van der Waals surface area contributed by atoms with Gasteiger partial charge in [0.25, 0.3) is 11.6 Å². The van der Waals surface area contributed by atoms with Crippen LogP contribution in [0.5, 0.6) is 0 Å². The van der Waals surface area contributed by atoms with Crippen molar-refractivity contribution in [3.05, 3.63) is 80.9 Å². The molecular formula is C18H14N4O3. The van der Waals surface area contributed by atoms with Gasteiger partial charge in [-0.25, -0.2) is 5.43 Å². The van der Waals surface area contributed by atoms with Crippen molar-refractivity contribution in [2.75, 3.05) is 0 Å². The molecule has 0 atom stereocenters. The number of nitrogens with one attached hydrogen (secondary N) is 1. The van der Waals surface area contributed by atoms with Gasteiger partial charge < -0.3 is 0 Å². The molecule has 0 fully saturated rings. The van der Waals surface area contributed by atoms with Gasteiger partial charge in [0.1, 0.15) is 11.6 Å². The fourth-order valence-electron chi connectivity index (χ4n) is 1.92. The van der Waals surface area contributed by atoms with Crippen LogP contribution in [0.4, 0.5) is 5.69 Å². The first kappa shape index (κ1) is 17.6. The van der Waals surface area contributed by atoms with Crippen molar-refractivity contribution in [3.63, 3.8) is 0 Å². The summed E-state index contributed by atoms with van der Waals surface area (Å²) in [6.07, 6.45) is 2.73. The third-order valence-electron chi connectivity index (χ3n) is 3.21. The molecule has 7 nitrogen and oxygen atoms in total. The third kappa shape index (κ3) is 5.11. The number of nitro benzene ring substituents is 1. The topological polar surface area (TPSA) is 108 Å². The first-order valence-corrected chi connectivity index (χ1v) is 7.26. The van der Waals surface area contributed by atoms with E-state index in [0.717, 1.165) is 11.1 Å². The lowest BCUT2D eigenvalue weighted by Crippen LogP contribution is -2.19. The van der Waals surface area contributed by atoms with Crippen LogP contribution in [-0.2, 0) is 4.79 Å². The van der Waals surface area contributed by atoms with Crippen LogP contribution >= 0.6 is 0 Å². The second-order valence-electron chi connectivity index (χ2n) is 5.13. The zero-order valence-corrected chi connectivity index (χ0v) is 13.3. The molecule has 0 aliphatic rings. The first-order valence-electron chi connectivity index (χ1n) is 7.26. The van der Waals surface area contributed by atoms with Crippen LogP contribution in [0.1, 0.15) is 16.7 Å². The third-order valence-corrected chi connectivity index (χ3v) is 3.21. The van der Waals surface area contributed by atoms with Crippen LogP contribution in [0.2, 0.25) is 0 Å². The summed E-state index contributed by atoms with van der Waals surface area (Å²) < 4.78 is 0. The van der Waals surface area contributed by atoms with Crippen LogP contribution in [0.25, 0.3) is 6.08 Å². The molecule has 0 heterocycles. The zero-order chi connectivity index (χ0) is 18.2. The molecule has 0 bridgehead atoms. The highest BCUT2D eigenvalue weighted by atomic mass is 16.6. The van der Waals surface area contributed by atoms with Crippen LogP contribution < -0.4 is 5.43 Å². The van der Waals surface area contributed by atoms with Crippen LogP contribution in [-0.4, -0.2) is 17.0 Å². The van der Waals surface area contributed by atoms with Crippen LogP contribution in [0.3, 0.4) is 0 Å². The molecule has 2 rings (SSSR count). The van der Waals surface area contributed by atoms with Gasteiger partial charge in [-0.3, -0.25) is 14.9 Å². The summed E-state index contributed by atoms with van der Waals surface area (Å²) in [7, 11) is 0. The minimum atomic E-state index is -0.697. The summed E-state index contributed by atoms with van der Waals surface area (Å²) in [5, 5.41) is 23.7. The smallest absolute Gasteiger partial charge is 0.267 e. The molecule has 2 aromatic carbocycles. The van der Waals surface area contributed by atoms with Crippen molar-refractivity contribution < 1.29 is 9.72 Å². The Hall–Kier alpha value is -3.79. The Morgan fingerprint density at radius 2 is 1.96 bits per heavy atom. The van der Waals surface area contributed by atoms with Gasteiger partial charge in [-0.05, 0) is 24.1 Å². The van der Waals surface area contributed by atoms with E-state index in [0.29, 0.717) is 5.56 Å². The van der Waals surface area contributed by atoms with Gasteiger partial charge in [-0.1, -0.05) is 42.0 Å². The number of nitro groups is 1. The molecule has 1 amide bonds. The second kappa shape index (κ2) is 8.17. The van der Waals surface area contributed by atoms with E-state index in [1.54, 1.807) is 12.1 Å². The van der Waals surface area contributed by atoms with Crippen molar-refractivity contribution in [2.45, 2.75) is 6.92 Å². The summed E-state index contributed by atoms with van der Waals surface area (Å²) in [5.41, 5.74) is 4.21. The van der Waals surface area contributed by atoms with Gasteiger partial charge >= 0.3 is 0 Å². The molecule has 1 N–H and O–H groups in total. The van der Waals surface area contributed by atoms with Crippen molar-refractivity contribution in [2.24, 2.45) is 5.10 Å². The standard InChI is InChI=1S/C18H14N4O3/c1-13-5-7-14(8-6-13)12-20-21-18(23)16(11-19)9-15-3-2-4-17(10-15)22(24)25/h2-10,12H,1H3,(H,21,23)/b16-9+,20-12+. The van der Waals surface area contributed by atoms with Gasteiger partial charge in [0.05, 0.1) is 11.1 Å². The zero-order valence-electron chi connectivity index (χ0n) is 13.3. The highest BCUT2D eigenvalue weighted by Gasteiger charge is 2.10. The van der Waals surface area contributed by atoms with E-state index in [9.17, 15) is 14.9 Å². The predicted octanol–water partition coefficient (Wildman–Crippen LogP) is 2.96. The molecule has 7 heteroatoms. The quantitative estimate of drug-likeness (QED) is 0.298. The van der Waals surface area contributed by atoms with E-state index in [2.05, 4.69) is 10.5 Å². The van der Waals surface area contributed by atoms with Crippen molar-refractivity contribution in [1.82, 2.24) is 5.43 Å². The number of nitrogens with zero attached hydrogens (tertiary/aromatic N) is 3. The Bertz CT molecular complexity index is 893. The number of nitriles is 1. The number of hydrogen-bond donors (Lipinski definition) is 1. The molecule has 124 valence electrons. The predicted molar refractivity (Wildman–Crippen MR) is 93.6 cm³/mol. The summed E-state index contributed by atoms with van der Waals surface area (Å²) in [6, 6.07) is 14.9. The van der Waals surface area contributed by atoms with Gasteiger partial charge in [0.15, 0.2) is 0 Å². The minimum absolute atomic E-state index is 0.121. The van der Waals surface area contributed by atoms with E-state index < -0.39 is 10.8 Å². The Morgan fingerprint density at radius 1 is 1.24 bits per heavy atom. The molecule has 2 aromatic rings. The lowest BCUT2D eigenvalue weighted by molar-refractivity contribution is -0.384. The number of carbonyl (C=O) groups excluding carboxylic acids is 1. The average Bonchev–Trinajstić information content (AvgIpc) is 2.61. The van der Waals surface area contributed by atoms with Crippen molar-refractivity contribution in [3.8, 4) is 6.07 Å². The average molecular weight is 334 g/mol. The van der Waals surface area contributed by atoms with E-state index in [1.165, 1.54) is 30.5 Å². The monoisotopic (exact) mass is 334 g/mol. The first-order chi connectivity index (χ1) is 12.0. The number of rotatable bonds is 5. The van der Waals surface area contributed by atoms with Crippen molar-refractivity contribution >= 4 is 23.9 Å². The normalized spacial score (nSPS) is 11.1. The summed E-state index contributed by atoms with van der Waals surface area (Å²) in [5.74, 6) is -0.697. The molecule has 0 saturated carbocycles. The van der Waals surface area contributed by atoms with Gasteiger partial charge in [0.2, 0.25) is 0 Å². The van der Waals surface area contributed by atoms with Gasteiger partial charge in [-0.15, -0.1) is 0 Å². The Kier molecular flexibility index (Phi) is 5.74. The van der Waals surface area contributed by atoms with Crippen LogP contribution in [0.15, 0.2) is 59.2 Å². The molecule has 0 unspecified atom stereocenters. The number of carbonyl (C=O) groups is 1. The maximum atomic E-state index is 12.0. The van der Waals surface area contributed by atoms with E-state index in [4.69, 9.17) is 5.26 Å². The molecule has 0 aliphatic carbocycles. The molecule has 0 aromatic heterocycles. The Morgan fingerprint density at radius 3 is 2.60 bits per heavy atom. The summed E-state index contributed by atoms with van der Waals surface area (Å²) in [6.45, 7) is 1.96. The SMILES string of the molecule is Cc1ccc(/C=N/NC(=O)/C(C#N)=C/c2cccc([N+](=O)[O-])c2)cc1. The summed E-state index contributed by atoms with van der Waals surface area (Å²) >= 11 is 0. The fraction of sp³-hybridized carbons (Fsp3) is 0.0556. The maximum Gasteiger partial charge on any atom is 0.282 e. The molecule has 0 radical (unpaired) electrons. The van der Waals surface area contributed by atoms with E-state index in [1.807, 2.05) is 31.2 Å². The highest BCUT2D eigenvalue weighted by Crippen LogP contribution is 2.15. The number of hydrazone groups is 1. The molecular weight excluding hydrogens is 320 g/mol. The molecule has 0 spiro atoms.